The second-order valence-electron chi connectivity index (χ2n) is 9.36. The first-order valence-electron chi connectivity index (χ1n) is 10.7. The summed E-state index contributed by atoms with van der Waals surface area (Å²) >= 11 is 0. The van der Waals surface area contributed by atoms with Gasteiger partial charge in [0.05, 0.1) is 18.8 Å². The van der Waals surface area contributed by atoms with Crippen LogP contribution in [0, 0.1) is 5.41 Å². The summed E-state index contributed by atoms with van der Waals surface area (Å²) in [4.78, 5) is 28.5. The van der Waals surface area contributed by atoms with Gasteiger partial charge in [-0.15, -0.1) is 0 Å². The third kappa shape index (κ3) is 5.75. The van der Waals surface area contributed by atoms with E-state index in [0.717, 1.165) is 45.1 Å². The lowest BCUT2D eigenvalue weighted by molar-refractivity contribution is -0.149. The van der Waals surface area contributed by atoms with Gasteiger partial charge >= 0.3 is 0 Å². The molecule has 1 saturated heterocycles. The molecule has 2 aliphatic rings. The van der Waals surface area contributed by atoms with Crippen molar-refractivity contribution in [2.75, 3.05) is 26.2 Å². The molecule has 0 bridgehead atoms. The van der Waals surface area contributed by atoms with Crippen molar-refractivity contribution in [1.82, 2.24) is 9.80 Å². The summed E-state index contributed by atoms with van der Waals surface area (Å²) in [5, 5.41) is 28.9. The second kappa shape index (κ2) is 10.1. The predicted molar refractivity (Wildman–Crippen MR) is 107 cm³/mol. The fourth-order valence-corrected chi connectivity index (χ4v) is 4.02. The van der Waals surface area contributed by atoms with Gasteiger partial charge in [0.15, 0.2) is 5.78 Å². The molecule has 7 heteroatoms. The number of unbranched alkanes of at least 4 members (excludes halogenated alkanes) is 3. The first kappa shape index (κ1) is 23.3. The minimum absolute atomic E-state index is 0.202. The number of amides is 1. The van der Waals surface area contributed by atoms with Crippen molar-refractivity contribution >= 4 is 11.7 Å². The quantitative estimate of drug-likeness (QED) is 0.500. The van der Waals surface area contributed by atoms with Crippen LogP contribution in [0.1, 0.15) is 65.7 Å². The standard InChI is InChI=1S/C21H38N2O5/c1-21(2,3)20(28)23(15-9-8-10-15)12-7-5-4-6-11-22-13-17(25)19(27)18(26)16(22)14-24/h15-17,19,24-25,27H,4-14H2,1-3H3. The van der Waals surface area contributed by atoms with E-state index in [1.165, 1.54) is 6.42 Å². The van der Waals surface area contributed by atoms with Crippen LogP contribution >= 0.6 is 0 Å². The van der Waals surface area contributed by atoms with Gasteiger partial charge in [-0.3, -0.25) is 14.5 Å². The van der Waals surface area contributed by atoms with Gasteiger partial charge < -0.3 is 20.2 Å². The molecule has 1 saturated carbocycles. The van der Waals surface area contributed by atoms with E-state index in [-0.39, 0.29) is 24.5 Å². The van der Waals surface area contributed by atoms with Crippen molar-refractivity contribution in [3.05, 3.63) is 0 Å². The van der Waals surface area contributed by atoms with E-state index in [2.05, 4.69) is 4.90 Å². The Hall–Kier alpha value is -1.02. The molecule has 2 fully saturated rings. The SMILES string of the molecule is CC(C)(C)C(=O)N(CCCCCCN1CC(O)C(O)C(=O)C1CO)C1CCC1. The first-order chi connectivity index (χ1) is 13.2. The van der Waals surface area contributed by atoms with Crippen molar-refractivity contribution in [3.63, 3.8) is 0 Å². The molecule has 7 nitrogen and oxygen atoms in total. The molecule has 3 atom stereocenters. The van der Waals surface area contributed by atoms with Gasteiger partial charge in [0.2, 0.25) is 5.91 Å². The number of hydrogen-bond acceptors (Lipinski definition) is 6. The third-order valence-electron chi connectivity index (χ3n) is 6.03. The molecule has 0 aromatic carbocycles. The van der Waals surface area contributed by atoms with Gasteiger partial charge in [0.25, 0.3) is 0 Å². The number of carbonyl (C=O) groups is 2. The van der Waals surface area contributed by atoms with E-state index in [4.69, 9.17) is 0 Å². The van der Waals surface area contributed by atoms with Crippen LogP contribution in [0.25, 0.3) is 0 Å². The number of hydrogen-bond donors (Lipinski definition) is 3. The Labute approximate surface area is 168 Å². The lowest BCUT2D eigenvalue weighted by Crippen LogP contribution is -2.60. The molecule has 2 rings (SSSR count). The molecule has 28 heavy (non-hydrogen) atoms. The zero-order valence-electron chi connectivity index (χ0n) is 17.6. The fraction of sp³-hybridized carbons (Fsp3) is 0.905. The van der Waals surface area contributed by atoms with E-state index in [1.807, 2.05) is 20.8 Å². The number of likely N-dealkylation sites (tertiary alicyclic amines) is 1. The highest BCUT2D eigenvalue weighted by Crippen LogP contribution is 2.29. The van der Waals surface area contributed by atoms with Gasteiger partial charge in [-0.25, -0.2) is 0 Å². The van der Waals surface area contributed by atoms with Crippen LogP contribution in [0.3, 0.4) is 0 Å². The molecule has 0 radical (unpaired) electrons. The summed E-state index contributed by atoms with van der Waals surface area (Å²) in [7, 11) is 0. The van der Waals surface area contributed by atoms with E-state index in [0.29, 0.717) is 12.6 Å². The van der Waals surface area contributed by atoms with Gasteiger partial charge in [0, 0.05) is 24.5 Å². The zero-order valence-corrected chi connectivity index (χ0v) is 17.6. The average molecular weight is 399 g/mol. The maximum atomic E-state index is 12.7. The Morgan fingerprint density at radius 2 is 1.79 bits per heavy atom. The number of ketones is 1. The summed E-state index contributed by atoms with van der Waals surface area (Å²) in [6.07, 6.45) is 4.72. The normalized spacial score (nSPS) is 26.9. The highest BCUT2D eigenvalue weighted by Gasteiger charge is 2.40. The van der Waals surface area contributed by atoms with Gasteiger partial charge in [-0.05, 0) is 38.6 Å². The van der Waals surface area contributed by atoms with Crippen molar-refractivity contribution in [2.24, 2.45) is 5.41 Å². The lowest BCUT2D eigenvalue weighted by atomic mass is 9.87. The predicted octanol–water partition coefficient (Wildman–Crippen LogP) is 0.941. The van der Waals surface area contributed by atoms with Crippen LogP contribution in [-0.4, -0.2) is 87.3 Å². The number of nitrogens with zero attached hydrogens (tertiary/aromatic N) is 2. The number of aliphatic hydroxyl groups is 3. The van der Waals surface area contributed by atoms with Crippen molar-refractivity contribution in [2.45, 2.75) is 90.0 Å². The van der Waals surface area contributed by atoms with E-state index < -0.39 is 24.0 Å². The van der Waals surface area contributed by atoms with Crippen LogP contribution in [0.2, 0.25) is 0 Å². The summed E-state index contributed by atoms with van der Waals surface area (Å²) in [6.45, 7) is 7.19. The van der Waals surface area contributed by atoms with E-state index >= 15 is 0 Å². The van der Waals surface area contributed by atoms with E-state index in [1.54, 1.807) is 4.90 Å². The molecule has 3 N–H and O–H groups in total. The third-order valence-corrected chi connectivity index (χ3v) is 6.03. The Kier molecular flexibility index (Phi) is 8.43. The minimum atomic E-state index is -1.40. The number of carbonyl (C=O) groups excluding carboxylic acids is 2. The minimum Gasteiger partial charge on any atom is -0.394 e. The van der Waals surface area contributed by atoms with Crippen LogP contribution in [0.15, 0.2) is 0 Å². The molecule has 1 aliphatic heterocycles. The molecule has 1 heterocycles. The molecule has 3 unspecified atom stereocenters. The van der Waals surface area contributed by atoms with Crippen LogP contribution < -0.4 is 0 Å². The largest absolute Gasteiger partial charge is 0.394 e. The number of β-amino-alcohol motifs (C(OH)–C–C–N with tert-alkyl or cyclic N) is 1. The Balaban J connectivity index is 1.71. The molecule has 0 spiro atoms. The van der Waals surface area contributed by atoms with Crippen molar-refractivity contribution in [1.29, 1.82) is 0 Å². The molecule has 162 valence electrons. The summed E-state index contributed by atoms with van der Waals surface area (Å²) in [6, 6.07) is -0.318. The fourth-order valence-electron chi connectivity index (χ4n) is 4.02. The van der Waals surface area contributed by atoms with E-state index in [9.17, 15) is 24.9 Å². The molecule has 0 aromatic rings. The lowest BCUT2D eigenvalue weighted by Gasteiger charge is -2.41. The number of aliphatic hydroxyl groups excluding tert-OH is 3. The van der Waals surface area contributed by atoms with Gasteiger partial charge in [-0.2, -0.15) is 0 Å². The maximum Gasteiger partial charge on any atom is 0.228 e. The van der Waals surface area contributed by atoms with Gasteiger partial charge in [-0.1, -0.05) is 33.6 Å². The highest BCUT2D eigenvalue weighted by molar-refractivity contribution is 5.89. The van der Waals surface area contributed by atoms with Gasteiger partial charge in [0.1, 0.15) is 6.10 Å². The number of rotatable bonds is 9. The monoisotopic (exact) mass is 398 g/mol. The maximum absolute atomic E-state index is 12.7. The zero-order chi connectivity index (χ0) is 20.9. The molecule has 0 aromatic heterocycles. The molecule has 1 amide bonds. The number of piperidine rings is 1. The Morgan fingerprint density at radius 3 is 2.32 bits per heavy atom. The smallest absolute Gasteiger partial charge is 0.228 e. The highest BCUT2D eigenvalue weighted by atomic mass is 16.3. The van der Waals surface area contributed by atoms with Crippen molar-refractivity contribution < 1.29 is 24.9 Å². The summed E-state index contributed by atoms with van der Waals surface area (Å²) < 4.78 is 0. The first-order valence-corrected chi connectivity index (χ1v) is 10.7. The Bertz CT molecular complexity index is 529. The summed E-state index contributed by atoms with van der Waals surface area (Å²) in [5.41, 5.74) is -0.346. The van der Waals surface area contributed by atoms with Crippen LogP contribution in [-0.2, 0) is 9.59 Å². The summed E-state index contributed by atoms with van der Waals surface area (Å²) in [5.74, 6) is -0.263. The average Bonchev–Trinajstić information content (AvgIpc) is 2.58. The number of Topliss-reactive ketones (excluding diaryl/α,β-unsaturated/α-hetero) is 1. The second-order valence-corrected chi connectivity index (χ2v) is 9.36. The van der Waals surface area contributed by atoms with Crippen molar-refractivity contribution in [3.8, 4) is 0 Å². The molecular weight excluding hydrogens is 360 g/mol. The molecule has 1 aliphatic carbocycles. The molecular formula is C21H38N2O5. The topological polar surface area (TPSA) is 101 Å². The Morgan fingerprint density at radius 1 is 1.14 bits per heavy atom. The van der Waals surface area contributed by atoms with Crippen LogP contribution in [0.4, 0.5) is 0 Å². The van der Waals surface area contributed by atoms with Crippen LogP contribution in [0.5, 0.6) is 0 Å².